The molecule has 0 aliphatic rings. The van der Waals surface area contributed by atoms with E-state index < -0.39 is 5.97 Å². The quantitative estimate of drug-likeness (QED) is 0.599. The number of hydrogen-bond donors (Lipinski definition) is 2. The minimum absolute atomic E-state index is 0.234. The molecular weight excluding hydrogens is 130 g/mol. The third kappa shape index (κ3) is 5.56. The van der Waals surface area contributed by atoms with E-state index in [0.717, 1.165) is 13.1 Å². The molecule has 0 saturated heterocycles. The smallest absolute Gasteiger partial charge is 0.303 e. The van der Waals surface area contributed by atoms with Crippen LogP contribution in [0.2, 0.25) is 0 Å². The van der Waals surface area contributed by atoms with Crippen molar-refractivity contribution in [3.8, 4) is 0 Å². The molecule has 0 heterocycles. The van der Waals surface area contributed by atoms with Gasteiger partial charge in [0.05, 0.1) is 0 Å². The lowest BCUT2D eigenvalue weighted by atomic mass is 10.1. The summed E-state index contributed by atoms with van der Waals surface area (Å²) in [6.45, 7) is 5.64. The molecule has 0 aliphatic heterocycles. The molecule has 0 fully saturated rings. The van der Waals surface area contributed by atoms with E-state index in [4.69, 9.17) is 5.11 Å². The van der Waals surface area contributed by atoms with E-state index in [1.165, 1.54) is 0 Å². The van der Waals surface area contributed by atoms with Crippen LogP contribution in [0.3, 0.4) is 0 Å². The summed E-state index contributed by atoms with van der Waals surface area (Å²) in [6.07, 6.45) is 0.257. The van der Waals surface area contributed by atoms with Crippen LogP contribution in [-0.2, 0) is 4.79 Å². The number of carboxylic acids is 1. The van der Waals surface area contributed by atoms with Crippen LogP contribution in [0.15, 0.2) is 0 Å². The van der Waals surface area contributed by atoms with Gasteiger partial charge in [-0.2, -0.15) is 0 Å². The van der Waals surface area contributed by atoms with Crippen molar-refractivity contribution in [1.29, 1.82) is 0 Å². The molecule has 0 aromatic heterocycles. The summed E-state index contributed by atoms with van der Waals surface area (Å²) in [5.74, 6) is -0.483. The third-order valence-electron chi connectivity index (χ3n) is 1.27. The van der Waals surface area contributed by atoms with Gasteiger partial charge in [-0.1, -0.05) is 13.8 Å². The zero-order valence-corrected chi connectivity index (χ0v) is 6.55. The largest absolute Gasteiger partial charge is 0.481 e. The van der Waals surface area contributed by atoms with Gasteiger partial charge in [-0.3, -0.25) is 4.79 Å². The standard InChI is InChI=1S/C7H15NO2/c1-3-8-5-6(2)4-7(9)10/h6,8H,3-5H2,1-2H3,(H,9,10). The van der Waals surface area contributed by atoms with Crippen molar-refractivity contribution in [3.63, 3.8) is 0 Å². The van der Waals surface area contributed by atoms with Crippen LogP contribution in [-0.4, -0.2) is 24.2 Å². The van der Waals surface area contributed by atoms with Crippen molar-refractivity contribution in [2.24, 2.45) is 5.92 Å². The molecular formula is C7H15NO2. The van der Waals surface area contributed by atoms with Crippen LogP contribution >= 0.6 is 0 Å². The molecule has 0 radical (unpaired) electrons. The van der Waals surface area contributed by atoms with E-state index >= 15 is 0 Å². The molecule has 0 aliphatic carbocycles. The number of carboxylic acid groups (broad SMARTS) is 1. The average molecular weight is 145 g/mol. The topological polar surface area (TPSA) is 49.3 Å². The van der Waals surface area contributed by atoms with Crippen LogP contribution < -0.4 is 5.32 Å². The van der Waals surface area contributed by atoms with Crippen molar-refractivity contribution < 1.29 is 9.90 Å². The zero-order valence-electron chi connectivity index (χ0n) is 6.55. The van der Waals surface area contributed by atoms with Crippen molar-refractivity contribution >= 4 is 5.97 Å². The maximum absolute atomic E-state index is 10.1. The molecule has 1 unspecified atom stereocenters. The van der Waals surface area contributed by atoms with E-state index in [1.807, 2.05) is 13.8 Å². The number of carbonyl (C=O) groups is 1. The van der Waals surface area contributed by atoms with E-state index in [0.29, 0.717) is 0 Å². The van der Waals surface area contributed by atoms with Gasteiger partial charge < -0.3 is 10.4 Å². The Morgan fingerprint density at radius 1 is 1.70 bits per heavy atom. The van der Waals surface area contributed by atoms with Gasteiger partial charge in [-0.05, 0) is 19.0 Å². The first kappa shape index (κ1) is 9.43. The van der Waals surface area contributed by atoms with Gasteiger partial charge in [0.25, 0.3) is 0 Å². The first-order chi connectivity index (χ1) is 4.66. The fraction of sp³-hybridized carbons (Fsp3) is 0.857. The van der Waals surface area contributed by atoms with Crippen molar-refractivity contribution in [2.75, 3.05) is 13.1 Å². The molecule has 0 saturated carbocycles. The second kappa shape index (κ2) is 5.23. The minimum atomic E-state index is -0.717. The summed E-state index contributed by atoms with van der Waals surface area (Å²) < 4.78 is 0. The maximum Gasteiger partial charge on any atom is 0.303 e. The Bertz CT molecular complexity index is 104. The van der Waals surface area contributed by atoms with E-state index in [2.05, 4.69) is 5.32 Å². The second-order valence-electron chi connectivity index (χ2n) is 2.51. The van der Waals surface area contributed by atoms with Gasteiger partial charge in [-0.15, -0.1) is 0 Å². The van der Waals surface area contributed by atoms with Crippen LogP contribution in [0.25, 0.3) is 0 Å². The SMILES string of the molecule is CCNCC(C)CC(=O)O. The molecule has 0 amide bonds. The van der Waals surface area contributed by atoms with Gasteiger partial charge in [0, 0.05) is 6.42 Å². The number of nitrogens with one attached hydrogen (secondary N) is 1. The maximum atomic E-state index is 10.1. The van der Waals surface area contributed by atoms with E-state index in [-0.39, 0.29) is 12.3 Å². The first-order valence-electron chi connectivity index (χ1n) is 3.59. The second-order valence-corrected chi connectivity index (χ2v) is 2.51. The number of rotatable bonds is 5. The highest BCUT2D eigenvalue weighted by molar-refractivity contribution is 5.66. The summed E-state index contributed by atoms with van der Waals surface area (Å²) in [4.78, 5) is 10.1. The predicted molar refractivity (Wildman–Crippen MR) is 40.0 cm³/mol. The lowest BCUT2D eigenvalue weighted by Gasteiger charge is -2.07. The highest BCUT2D eigenvalue weighted by Crippen LogP contribution is 1.98. The van der Waals surface area contributed by atoms with Crippen molar-refractivity contribution in [1.82, 2.24) is 5.32 Å². The monoisotopic (exact) mass is 145 g/mol. The molecule has 0 aromatic carbocycles. The normalized spacial score (nSPS) is 13.0. The van der Waals surface area contributed by atoms with Crippen LogP contribution in [0, 0.1) is 5.92 Å². The summed E-state index contributed by atoms with van der Waals surface area (Å²) in [7, 11) is 0. The summed E-state index contributed by atoms with van der Waals surface area (Å²) in [5, 5.41) is 11.4. The predicted octanol–water partition coefficient (Wildman–Crippen LogP) is 0.707. The Kier molecular flexibility index (Phi) is 4.94. The lowest BCUT2D eigenvalue weighted by Crippen LogP contribution is -2.22. The molecule has 0 bridgehead atoms. The Balaban J connectivity index is 3.25. The van der Waals surface area contributed by atoms with Crippen molar-refractivity contribution in [2.45, 2.75) is 20.3 Å². The Morgan fingerprint density at radius 3 is 2.70 bits per heavy atom. The number of hydrogen-bond acceptors (Lipinski definition) is 2. The molecule has 2 N–H and O–H groups in total. The van der Waals surface area contributed by atoms with Crippen molar-refractivity contribution in [3.05, 3.63) is 0 Å². The highest BCUT2D eigenvalue weighted by atomic mass is 16.4. The molecule has 0 rings (SSSR count). The van der Waals surface area contributed by atoms with Gasteiger partial charge in [0.1, 0.15) is 0 Å². The number of aliphatic carboxylic acids is 1. The van der Waals surface area contributed by atoms with E-state index in [9.17, 15) is 4.79 Å². The molecule has 3 heteroatoms. The fourth-order valence-electron chi connectivity index (χ4n) is 0.761. The van der Waals surface area contributed by atoms with Crippen LogP contribution in [0.1, 0.15) is 20.3 Å². The molecule has 60 valence electrons. The van der Waals surface area contributed by atoms with Crippen LogP contribution in [0.5, 0.6) is 0 Å². The summed E-state index contributed by atoms with van der Waals surface area (Å²) in [5.41, 5.74) is 0. The Labute approximate surface area is 61.4 Å². The Hall–Kier alpha value is -0.570. The fourth-order valence-corrected chi connectivity index (χ4v) is 0.761. The highest BCUT2D eigenvalue weighted by Gasteiger charge is 2.05. The molecule has 0 spiro atoms. The lowest BCUT2D eigenvalue weighted by molar-refractivity contribution is -0.137. The molecule has 3 nitrogen and oxygen atoms in total. The Morgan fingerprint density at radius 2 is 2.30 bits per heavy atom. The molecule has 10 heavy (non-hydrogen) atoms. The van der Waals surface area contributed by atoms with Gasteiger partial charge in [-0.25, -0.2) is 0 Å². The molecule has 1 atom stereocenters. The van der Waals surface area contributed by atoms with Crippen LogP contribution in [0.4, 0.5) is 0 Å². The van der Waals surface area contributed by atoms with Gasteiger partial charge in [0.2, 0.25) is 0 Å². The summed E-state index contributed by atoms with van der Waals surface area (Å²) in [6, 6.07) is 0. The first-order valence-corrected chi connectivity index (χ1v) is 3.59. The van der Waals surface area contributed by atoms with Gasteiger partial charge >= 0.3 is 5.97 Å². The zero-order chi connectivity index (χ0) is 7.98. The third-order valence-corrected chi connectivity index (χ3v) is 1.27. The average Bonchev–Trinajstić information content (AvgIpc) is 1.82. The molecule has 0 aromatic rings. The van der Waals surface area contributed by atoms with Gasteiger partial charge in [0.15, 0.2) is 0 Å². The van der Waals surface area contributed by atoms with E-state index in [1.54, 1.807) is 0 Å². The minimum Gasteiger partial charge on any atom is -0.481 e. The summed E-state index contributed by atoms with van der Waals surface area (Å²) >= 11 is 0.